The van der Waals surface area contributed by atoms with E-state index in [4.69, 9.17) is 11.5 Å². The smallest absolute Gasteiger partial charge is 0.744 e. The van der Waals surface area contributed by atoms with Gasteiger partial charge in [0, 0.05) is 5.56 Å². The molecule has 0 unspecified atom stereocenters. The van der Waals surface area contributed by atoms with E-state index in [9.17, 15) is 59.0 Å². The number of rotatable bonds is 13. The number of carbonyl (C=O) groups is 1. The molecular formula is C41H26N10Na4O13S3. The summed E-state index contributed by atoms with van der Waals surface area (Å²) in [7, 11) is -15.5. The zero-order valence-electron chi connectivity index (χ0n) is 37.4. The average molecular weight is 1050 g/mol. The summed E-state index contributed by atoms with van der Waals surface area (Å²) in [5.41, 5.74) is 12.1. The predicted octanol–water partition coefficient (Wildman–Crippen LogP) is -4.16. The van der Waals surface area contributed by atoms with Gasteiger partial charge in [0.25, 0.3) is 0 Å². The molecule has 340 valence electrons. The van der Waals surface area contributed by atoms with Crippen LogP contribution in [0.4, 0.5) is 56.9 Å². The first-order valence-electron chi connectivity index (χ1n) is 18.5. The van der Waals surface area contributed by atoms with Gasteiger partial charge in [-0.2, -0.15) is 20.5 Å². The summed E-state index contributed by atoms with van der Waals surface area (Å²) in [4.78, 5) is 8.60. The van der Waals surface area contributed by atoms with Crippen LogP contribution in [0.2, 0.25) is 0 Å². The SMILES string of the molecule is Nc1cc(N)c(N=Nc2cc(S(=O)(=O)[O-])cc3cc(S(=O)(=O)[O-])c(N=Nc4ccc(-c5ccc(N=Nc6ccc(O)c(C(=O)[O-])c6)cc5)cc4)c(O)c23)cc1N=Nc1ccc(S(=O)(=O)[O-])cc1.[Na+].[Na+].[Na+].[Na+]. The molecule has 6 N–H and O–H groups in total. The molecule has 7 aromatic rings. The molecule has 0 aliphatic carbocycles. The van der Waals surface area contributed by atoms with Gasteiger partial charge in [-0.1, -0.05) is 24.3 Å². The first-order valence-corrected chi connectivity index (χ1v) is 22.7. The van der Waals surface area contributed by atoms with Crippen LogP contribution in [-0.2, 0) is 30.4 Å². The standard InChI is InChI=1S/C41H30N10O13S3.4Na/c42-31-19-32(43)34(20-33(31)48-45-26-9-12-28(13-10-26)65(56,57)58)49-50-35-18-29(66(59,60)61)15-23-16-37(67(62,63)64)39(40(53)38(23)35)51-46-25-7-3-22(4-8-25)21-1-5-24(6-2-21)44-47-27-11-14-36(52)30(17-27)41(54)55;;;;/h1-20,52-53H,42-43H2,(H,54,55)(H,56,57,58)(H,59,60,61)(H,62,63,64);;;;/q;4*+1/p-4. The summed E-state index contributed by atoms with van der Waals surface area (Å²) in [5.74, 6) is -3.08. The number of anilines is 2. The molecule has 7 aromatic carbocycles. The molecule has 0 radical (unpaired) electrons. The molecule has 0 aromatic heterocycles. The first kappa shape index (κ1) is 60.9. The second kappa shape index (κ2) is 25.0. The number of nitrogens with two attached hydrogens (primary N) is 2. The summed E-state index contributed by atoms with van der Waals surface area (Å²) in [6, 6.07) is 25.4. The van der Waals surface area contributed by atoms with Crippen LogP contribution in [-0.4, -0.2) is 55.1 Å². The number of carboxylic acids is 1. The number of nitrogens with zero attached hydrogens (tertiary/aromatic N) is 8. The van der Waals surface area contributed by atoms with Crippen molar-refractivity contribution in [3.8, 4) is 22.6 Å². The molecule has 0 amide bonds. The van der Waals surface area contributed by atoms with Gasteiger partial charge in [-0.25, -0.2) is 25.3 Å². The molecule has 30 heteroatoms. The van der Waals surface area contributed by atoms with Crippen LogP contribution >= 0.6 is 0 Å². The number of aromatic hydroxyl groups is 2. The fourth-order valence-electron chi connectivity index (χ4n) is 6.05. The number of phenolic OH excluding ortho intramolecular Hbond substituents is 1. The Hall–Kier alpha value is -4.40. The number of azo groups is 4. The summed E-state index contributed by atoms with van der Waals surface area (Å²) >= 11 is 0. The van der Waals surface area contributed by atoms with Gasteiger partial charge in [0.15, 0.2) is 5.75 Å². The van der Waals surface area contributed by atoms with Crippen LogP contribution < -0.4 is 135 Å². The largest absolute Gasteiger partial charge is 1.00 e. The third-order valence-electron chi connectivity index (χ3n) is 9.32. The maximum atomic E-state index is 12.5. The molecule has 0 heterocycles. The number of nitrogen functional groups attached to an aromatic ring is 2. The Balaban J connectivity index is 0.00000333. The van der Waals surface area contributed by atoms with Crippen molar-refractivity contribution in [2.24, 2.45) is 40.9 Å². The minimum absolute atomic E-state index is 0. The van der Waals surface area contributed by atoms with Crippen molar-refractivity contribution >= 4 is 104 Å². The molecule has 7 rings (SSSR count). The Kier molecular flexibility index (Phi) is 21.5. The van der Waals surface area contributed by atoms with Crippen molar-refractivity contribution < 1.29 is 177 Å². The normalized spacial score (nSPS) is 11.9. The summed E-state index contributed by atoms with van der Waals surface area (Å²) in [5, 5.41) is 63.4. The number of carboxylic acid groups (broad SMARTS) is 1. The molecule has 0 atom stereocenters. The van der Waals surface area contributed by atoms with Crippen molar-refractivity contribution in [2.45, 2.75) is 14.7 Å². The zero-order chi connectivity index (χ0) is 48.4. The zero-order valence-corrected chi connectivity index (χ0v) is 47.8. The predicted molar refractivity (Wildman–Crippen MR) is 232 cm³/mol. The van der Waals surface area contributed by atoms with E-state index >= 15 is 0 Å². The van der Waals surface area contributed by atoms with E-state index < -0.39 is 90.2 Å². The molecule has 0 saturated carbocycles. The molecule has 23 nitrogen and oxygen atoms in total. The van der Waals surface area contributed by atoms with Gasteiger partial charge in [0.2, 0.25) is 0 Å². The minimum atomic E-state index is -5.47. The number of benzene rings is 7. The van der Waals surface area contributed by atoms with Gasteiger partial charge >= 0.3 is 118 Å². The molecule has 0 spiro atoms. The molecule has 0 fully saturated rings. The number of phenols is 2. The second-order valence-corrected chi connectivity index (χ2v) is 17.9. The quantitative estimate of drug-likeness (QED) is 0.0369. The van der Waals surface area contributed by atoms with Crippen LogP contribution in [0.3, 0.4) is 0 Å². The Morgan fingerprint density at radius 1 is 0.465 bits per heavy atom. The van der Waals surface area contributed by atoms with E-state index in [1.807, 2.05) is 0 Å². The number of fused-ring (bicyclic) bond motifs is 1. The fraction of sp³-hybridized carbons (Fsp3) is 0. The maximum absolute atomic E-state index is 12.5. The van der Waals surface area contributed by atoms with Crippen molar-refractivity contribution in [1.82, 2.24) is 0 Å². The maximum Gasteiger partial charge on any atom is 1.00 e. The monoisotopic (exact) mass is 1050 g/mol. The van der Waals surface area contributed by atoms with Gasteiger partial charge in [-0.3, -0.25) is 0 Å². The second-order valence-electron chi connectivity index (χ2n) is 13.8. The number of hydrogen-bond acceptors (Lipinski definition) is 23. The minimum Gasteiger partial charge on any atom is -0.744 e. The third kappa shape index (κ3) is 15.1. The number of aromatic carboxylic acids is 1. The van der Waals surface area contributed by atoms with Crippen molar-refractivity contribution in [2.75, 3.05) is 11.5 Å². The Bertz CT molecular complexity index is 3630. The molecule has 0 aliphatic rings. The first-order chi connectivity index (χ1) is 31.5. The van der Waals surface area contributed by atoms with Gasteiger partial charge < -0.3 is 45.2 Å². The van der Waals surface area contributed by atoms with Gasteiger partial charge in [0.05, 0.1) is 65.9 Å². The summed E-state index contributed by atoms with van der Waals surface area (Å²) in [6.45, 7) is 0. The molecule has 0 saturated heterocycles. The fourth-order valence-corrected chi connectivity index (χ4v) is 7.69. The number of hydrogen-bond donors (Lipinski definition) is 4. The van der Waals surface area contributed by atoms with Crippen LogP contribution in [0.5, 0.6) is 11.5 Å². The van der Waals surface area contributed by atoms with Crippen molar-refractivity contribution in [3.63, 3.8) is 0 Å². The molecule has 71 heavy (non-hydrogen) atoms. The van der Waals surface area contributed by atoms with E-state index in [0.29, 0.717) is 28.9 Å². The molecule has 0 aliphatic heterocycles. The van der Waals surface area contributed by atoms with Crippen LogP contribution in [0.25, 0.3) is 21.9 Å². The molecule has 0 bridgehead atoms. The van der Waals surface area contributed by atoms with Crippen LogP contribution in [0.1, 0.15) is 10.4 Å². The topological polar surface area (TPSA) is 403 Å². The van der Waals surface area contributed by atoms with Gasteiger partial charge in [-0.05, 0) is 114 Å². The Labute approximate surface area is 491 Å². The average Bonchev–Trinajstić information content (AvgIpc) is 3.27. The Morgan fingerprint density at radius 2 is 0.901 bits per heavy atom. The van der Waals surface area contributed by atoms with E-state index in [2.05, 4.69) is 40.9 Å². The van der Waals surface area contributed by atoms with E-state index in [1.165, 1.54) is 42.5 Å². The van der Waals surface area contributed by atoms with Gasteiger partial charge in [0.1, 0.15) is 53.2 Å². The van der Waals surface area contributed by atoms with E-state index in [-0.39, 0.29) is 158 Å². The van der Waals surface area contributed by atoms with E-state index in [0.717, 1.165) is 30.3 Å². The Morgan fingerprint density at radius 3 is 1.39 bits per heavy atom. The third-order valence-corrected chi connectivity index (χ3v) is 11.8. The van der Waals surface area contributed by atoms with Crippen LogP contribution in [0, 0.1) is 0 Å². The summed E-state index contributed by atoms with van der Waals surface area (Å²) < 4.78 is 108. The van der Waals surface area contributed by atoms with Crippen LogP contribution in [0.15, 0.2) is 177 Å². The number of carbonyl (C=O) groups excluding carboxylic acids is 1. The van der Waals surface area contributed by atoms with Crippen molar-refractivity contribution in [3.05, 3.63) is 127 Å². The van der Waals surface area contributed by atoms with Crippen molar-refractivity contribution in [1.29, 1.82) is 0 Å². The summed E-state index contributed by atoms with van der Waals surface area (Å²) in [6.07, 6.45) is 0. The van der Waals surface area contributed by atoms with Gasteiger partial charge in [-0.15, -0.1) is 20.5 Å². The van der Waals surface area contributed by atoms with E-state index in [1.54, 1.807) is 36.4 Å². The molecular weight excluding hydrogens is 1030 g/mol.